The van der Waals surface area contributed by atoms with E-state index in [1.54, 1.807) is 0 Å². The van der Waals surface area contributed by atoms with E-state index in [-0.39, 0.29) is 11.9 Å². The fraction of sp³-hybridized carbons (Fsp3) is 0.818. The number of amides is 3. The zero-order chi connectivity index (χ0) is 12.3. The summed E-state index contributed by atoms with van der Waals surface area (Å²) in [5.74, 6) is -0.284. The Kier molecular flexibility index (Phi) is 3.91. The molecule has 1 atom stereocenters. The van der Waals surface area contributed by atoms with Crippen LogP contribution < -0.4 is 5.32 Å². The fourth-order valence-electron chi connectivity index (χ4n) is 1.45. The molecule has 1 rings (SSSR count). The van der Waals surface area contributed by atoms with Crippen LogP contribution in [0.4, 0.5) is 4.79 Å². The van der Waals surface area contributed by atoms with Crippen LogP contribution in [0.5, 0.6) is 0 Å². The number of nitrogens with one attached hydrogen (secondary N) is 1. The van der Waals surface area contributed by atoms with Gasteiger partial charge in [0, 0.05) is 6.54 Å². The molecule has 0 aromatic carbocycles. The molecular formula is C11H20N2O3. The lowest BCUT2D eigenvalue weighted by Crippen LogP contribution is -2.39. The third kappa shape index (κ3) is 3.20. The second-order valence-corrected chi connectivity index (χ2v) is 4.90. The first-order valence-electron chi connectivity index (χ1n) is 5.65. The minimum absolute atomic E-state index is 0.284. The molecule has 3 amide bonds. The van der Waals surface area contributed by atoms with Crippen molar-refractivity contribution >= 4 is 11.9 Å². The molecule has 0 spiro atoms. The Balaban J connectivity index is 2.60. The maximum Gasteiger partial charge on any atom is 0.326 e. The molecule has 1 aliphatic heterocycles. The molecule has 0 saturated carbocycles. The molecule has 0 aromatic heterocycles. The van der Waals surface area contributed by atoms with Crippen LogP contribution in [0.15, 0.2) is 0 Å². The molecule has 1 fully saturated rings. The third-order valence-corrected chi connectivity index (χ3v) is 2.20. The van der Waals surface area contributed by atoms with Crippen LogP contribution in [0.2, 0.25) is 0 Å². The second-order valence-electron chi connectivity index (χ2n) is 4.90. The van der Waals surface area contributed by atoms with Crippen LogP contribution in [0.1, 0.15) is 40.5 Å². The van der Waals surface area contributed by atoms with Crippen LogP contribution in [-0.2, 0) is 9.53 Å². The van der Waals surface area contributed by atoms with Crippen molar-refractivity contribution in [2.24, 2.45) is 0 Å². The minimum atomic E-state index is -0.829. The van der Waals surface area contributed by atoms with Crippen LogP contribution in [0, 0.1) is 0 Å². The standard InChI is InChI=1S/C11H20N2O3/c1-5-6-7-13-9(14)8(12-10(13)15)16-11(2,3)4/h8H,5-7H2,1-4H3,(H,12,15). The lowest BCUT2D eigenvalue weighted by molar-refractivity contribution is -0.146. The number of unbranched alkanes of at least 4 members (excludes halogenated alkanes) is 1. The number of ether oxygens (including phenoxy) is 1. The van der Waals surface area contributed by atoms with Gasteiger partial charge in [0.05, 0.1) is 5.60 Å². The molecule has 1 heterocycles. The number of nitrogens with zero attached hydrogens (tertiary/aromatic N) is 1. The van der Waals surface area contributed by atoms with Crippen molar-refractivity contribution in [1.82, 2.24) is 10.2 Å². The molecule has 0 aliphatic carbocycles. The van der Waals surface area contributed by atoms with Crippen LogP contribution in [0.3, 0.4) is 0 Å². The van der Waals surface area contributed by atoms with E-state index in [1.807, 2.05) is 27.7 Å². The highest BCUT2D eigenvalue weighted by Gasteiger charge is 2.40. The summed E-state index contributed by atoms with van der Waals surface area (Å²) in [5.41, 5.74) is -0.450. The van der Waals surface area contributed by atoms with Crippen molar-refractivity contribution in [1.29, 1.82) is 0 Å². The Hall–Kier alpha value is -1.10. The Morgan fingerprint density at radius 1 is 1.38 bits per heavy atom. The maximum atomic E-state index is 11.8. The highest BCUT2D eigenvalue weighted by atomic mass is 16.5. The molecular weight excluding hydrogens is 208 g/mol. The highest BCUT2D eigenvalue weighted by molar-refractivity contribution is 6.03. The Morgan fingerprint density at radius 3 is 2.50 bits per heavy atom. The summed E-state index contributed by atoms with van der Waals surface area (Å²) in [6, 6.07) is -0.354. The molecule has 0 aromatic rings. The first kappa shape index (κ1) is 13.0. The van der Waals surface area contributed by atoms with Crippen LogP contribution in [-0.4, -0.2) is 35.2 Å². The van der Waals surface area contributed by atoms with Gasteiger partial charge in [0.15, 0.2) is 0 Å². The summed E-state index contributed by atoms with van der Waals surface area (Å²) in [7, 11) is 0. The first-order chi connectivity index (χ1) is 7.35. The van der Waals surface area contributed by atoms with Gasteiger partial charge in [0.2, 0.25) is 6.23 Å². The lowest BCUT2D eigenvalue weighted by atomic mass is 10.2. The average molecular weight is 228 g/mol. The molecule has 1 saturated heterocycles. The van der Waals surface area contributed by atoms with Gasteiger partial charge < -0.3 is 10.1 Å². The zero-order valence-electron chi connectivity index (χ0n) is 10.4. The molecule has 5 nitrogen and oxygen atoms in total. The van der Waals surface area contributed by atoms with E-state index in [1.165, 1.54) is 4.90 Å². The third-order valence-electron chi connectivity index (χ3n) is 2.20. The first-order valence-corrected chi connectivity index (χ1v) is 5.65. The van der Waals surface area contributed by atoms with E-state index in [0.717, 1.165) is 12.8 Å². The van der Waals surface area contributed by atoms with Crippen molar-refractivity contribution in [3.63, 3.8) is 0 Å². The van der Waals surface area contributed by atoms with Gasteiger partial charge in [0.1, 0.15) is 0 Å². The van der Waals surface area contributed by atoms with Gasteiger partial charge in [-0.15, -0.1) is 0 Å². The SMILES string of the molecule is CCCCN1C(=O)NC(OC(C)(C)C)C1=O. The summed E-state index contributed by atoms with van der Waals surface area (Å²) in [6.07, 6.45) is 0.938. The summed E-state index contributed by atoms with van der Waals surface area (Å²) in [5, 5.41) is 2.53. The number of imide groups is 1. The molecule has 0 radical (unpaired) electrons. The summed E-state index contributed by atoms with van der Waals surface area (Å²) in [6.45, 7) is 8.02. The number of urea groups is 1. The predicted molar refractivity (Wildman–Crippen MR) is 59.8 cm³/mol. The number of hydrogen-bond acceptors (Lipinski definition) is 3. The highest BCUT2D eigenvalue weighted by Crippen LogP contribution is 2.16. The molecule has 1 N–H and O–H groups in total. The van der Waals surface area contributed by atoms with E-state index in [9.17, 15) is 9.59 Å². The zero-order valence-corrected chi connectivity index (χ0v) is 10.4. The monoisotopic (exact) mass is 228 g/mol. The number of carbonyl (C=O) groups excluding carboxylic acids is 2. The van der Waals surface area contributed by atoms with Crippen molar-refractivity contribution in [2.45, 2.75) is 52.4 Å². The predicted octanol–water partition coefficient (Wildman–Crippen LogP) is 1.48. The quantitative estimate of drug-likeness (QED) is 0.741. The maximum absolute atomic E-state index is 11.8. The topological polar surface area (TPSA) is 58.6 Å². The number of rotatable bonds is 4. The van der Waals surface area contributed by atoms with E-state index in [2.05, 4.69) is 5.32 Å². The van der Waals surface area contributed by atoms with Crippen molar-refractivity contribution < 1.29 is 14.3 Å². The lowest BCUT2D eigenvalue weighted by Gasteiger charge is -2.23. The van der Waals surface area contributed by atoms with E-state index >= 15 is 0 Å². The second kappa shape index (κ2) is 4.82. The van der Waals surface area contributed by atoms with Gasteiger partial charge in [-0.2, -0.15) is 0 Å². The van der Waals surface area contributed by atoms with Crippen molar-refractivity contribution in [3.05, 3.63) is 0 Å². The van der Waals surface area contributed by atoms with Gasteiger partial charge in [-0.1, -0.05) is 13.3 Å². The summed E-state index contributed by atoms with van der Waals surface area (Å²) < 4.78 is 5.47. The molecule has 0 bridgehead atoms. The largest absolute Gasteiger partial charge is 0.344 e. The van der Waals surface area contributed by atoms with Crippen molar-refractivity contribution in [2.75, 3.05) is 6.54 Å². The normalized spacial score (nSPS) is 21.5. The average Bonchev–Trinajstić information content (AvgIpc) is 2.37. The van der Waals surface area contributed by atoms with Gasteiger partial charge in [-0.05, 0) is 27.2 Å². The molecule has 1 unspecified atom stereocenters. The van der Waals surface area contributed by atoms with Crippen LogP contribution in [0.25, 0.3) is 0 Å². The van der Waals surface area contributed by atoms with E-state index in [0.29, 0.717) is 6.54 Å². The van der Waals surface area contributed by atoms with Gasteiger partial charge in [-0.3, -0.25) is 9.69 Å². The molecule has 5 heteroatoms. The summed E-state index contributed by atoms with van der Waals surface area (Å²) >= 11 is 0. The van der Waals surface area contributed by atoms with Gasteiger partial charge in [-0.25, -0.2) is 4.79 Å². The fourth-order valence-corrected chi connectivity index (χ4v) is 1.45. The molecule has 1 aliphatic rings. The number of carbonyl (C=O) groups is 2. The van der Waals surface area contributed by atoms with E-state index in [4.69, 9.17) is 4.74 Å². The molecule has 92 valence electrons. The van der Waals surface area contributed by atoms with Gasteiger partial charge in [0.25, 0.3) is 5.91 Å². The Morgan fingerprint density at radius 2 is 2.00 bits per heavy atom. The van der Waals surface area contributed by atoms with Crippen LogP contribution >= 0.6 is 0 Å². The molecule has 16 heavy (non-hydrogen) atoms. The van der Waals surface area contributed by atoms with E-state index < -0.39 is 11.8 Å². The van der Waals surface area contributed by atoms with Gasteiger partial charge >= 0.3 is 6.03 Å². The summed E-state index contributed by atoms with van der Waals surface area (Å²) in [4.78, 5) is 24.5. The Bertz CT molecular complexity index is 283. The Labute approximate surface area is 96.1 Å². The minimum Gasteiger partial charge on any atom is -0.344 e. The smallest absolute Gasteiger partial charge is 0.326 e. The van der Waals surface area contributed by atoms with Crippen molar-refractivity contribution in [3.8, 4) is 0 Å². The number of hydrogen-bond donors (Lipinski definition) is 1.